The smallest absolute Gasteiger partial charge is 0.338 e. The Bertz CT molecular complexity index is 395. The summed E-state index contributed by atoms with van der Waals surface area (Å²) in [4.78, 5) is 11.6. The molecule has 17 heavy (non-hydrogen) atoms. The molecule has 0 heterocycles. The van der Waals surface area contributed by atoms with E-state index in [0.717, 1.165) is 12.5 Å². The van der Waals surface area contributed by atoms with Crippen molar-refractivity contribution in [1.29, 1.82) is 0 Å². The van der Waals surface area contributed by atoms with Crippen LogP contribution in [0.1, 0.15) is 36.2 Å². The van der Waals surface area contributed by atoms with Crippen molar-refractivity contribution in [1.82, 2.24) is 0 Å². The highest BCUT2D eigenvalue weighted by Gasteiger charge is 2.13. The van der Waals surface area contributed by atoms with E-state index in [1.165, 1.54) is 6.07 Å². The van der Waals surface area contributed by atoms with Crippen LogP contribution in [0.4, 0.5) is 10.1 Å². The quantitative estimate of drug-likeness (QED) is 0.649. The maximum absolute atomic E-state index is 13.4. The van der Waals surface area contributed by atoms with Crippen LogP contribution in [0.5, 0.6) is 0 Å². The Labute approximate surface area is 101 Å². The van der Waals surface area contributed by atoms with Gasteiger partial charge in [0.15, 0.2) is 0 Å². The molecule has 0 aliphatic heterocycles. The van der Waals surface area contributed by atoms with E-state index in [-0.39, 0.29) is 11.3 Å². The summed E-state index contributed by atoms with van der Waals surface area (Å²) in [6, 6.07) is 2.60. The summed E-state index contributed by atoms with van der Waals surface area (Å²) in [5, 5.41) is 0. The molecule has 0 amide bonds. The molecule has 0 saturated carbocycles. The third-order valence-corrected chi connectivity index (χ3v) is 2.82. The van der Waals surface area contributed by atoms with Gasteiger partial charge in [0.2, 0.25) is 0 Å². The monoisotopic (exact) mass is 239 g/mol. The zero-order chi connectivity index (χ0) is 13.0. The van der Waals surface area contributed by atoms with Gasteiger partial charge in [-0.2, -0.15) is 0 Å². The third kappa shape index (κ3) is 3.44. The highest BCUT2D eigenvalue weighted by Crippen LogP contribution is 2.18. The molecule has 0 fully saturated rings. The average molecular weight is 239 g/mol. The van der Waals surface area contributed by atoms with Crippen LogP contribution in [0.25, 0.3) is 0 Å². The van der Waals surface area contributed by atoms with Gasteiger partial charge in [0.1, 0.15) is 5.82 Å². The molecule has 3 nitrogen and oxygen atoms in total. The summed E-state index contributed by atoms with van der Waals surface area (Å²) in [6.45, 7) is 5.91. The largest absolute Gasteiger partial charge is 0.462 e. The minimum absolute atomic E-state index is 0.161. The van der Waals surface area contributed by atoms with Crippen LogP contribution in [0.3, 0.4) is 0 Å². The van der Waals surface area contributed by atoms with Crippen molar-refractivity contribution >= 4 is 11.7 Å². The molecule has 0 radical (unpaired) electrons. The predicted octanol–water partition coefficient (Wildman–Crippen LogP) is 2.92. The molecule has 0 bridgehead atoms. The van der Waals surface area contributed by atoms with Gasteiger partial charge in [-0.3, -0.25) is 0 Å². The van der Waals surface area contributed by atoms with Crippen molar-refractivity contribution in [3.05, 3.63) is 29.1 Å². The van der Waals surface area contributed by atoms with Gasteiger partial charge in [-0.15, -0.1) is 0 Å². The van der Waals surface area contributed by atoms with Gasteiger partial charge in [0, 0.05) is 11.3 Å². The molecule has 2 N–H and O–H groups in total. The van der Waals surface area contributed by atoms with E-state index in [2.05, 4.69) is 0 Å². The van der Waals surface area contributed by atoms with E-state index < -0.39 is 11.8 Å². The molecule has 1 aromatic rings. The molecule has 0 aromatic heterocycles. The van der Waals surface area contributed by atoms with Crippen LogP contribution in [-0.4, -0.2) is 12.6 Å². The Kier molecular flexibility index (Phi) is 4.49. The summed E-state index contributed by atoms with van der Waals surface area (Å²) >= 11 is 0. The zero-order valence-corrected chi connectivity index (χ0v) is 10.4. The lowest BCUT2D eigenvalue weighted by Gasteiger charge is -2.10. The van der Waals surface area contributed by atoms with E-state index in [4.69, 9.17) is 10.5 Å². The summed E-state index contributed by atoms with van der Waals surface area (Å²) in [5.41, 5.74) is 6.37. The summed E-state index contributed by atoms with van der Waals surface area (Å²) in [6.07, 6.45) is 0.928. The van der Waals surface area contributed by atoms with Crippen molar-refractivity contribution in [2.45, 2.75) is 27.2 Å². The van der Waals surface area contributed by atoms with Gasteiger partial charge in [-0.1, -0.05) is 20.3 Å². The van der Waals surface area contributed by atoms with Gasteiger partial charge in [0.05, 0.1) is 12.2 Å². The SMILES string of the molecule is CCC(C)COC(=O)c1cc(N)c(C)c(F)c1. The molecular formula is C13H18FNO2. The number of benzene rings is 1. The highest BCUT2D eigenvalue weighted by atomic mass is 19.1. The standard InChI is InChI=1S/C13H18FNO2/c1-4-8(2)7-17-13(16)10-5-11(14)9(3)12(15)6-10/h5-6,8H,4,7,15H2,1-3H3. The summed E-state index contributed by atoms with van der Waals surface area (Å²) in [5.74, 6) is -0.719. The number of rotatable bonds is 4. The molecular weight excluding hydrogens is 221 g/mol. The van der Waals surface area contributed by atoms with Gasteiger partial charge in [-0.05, 0) is 25.0 Å². The molecule has 1 unspecified atom stereocenters. The van der Waals surface area contributed by atoms with Gasteiger partial charge in [0.25, 0.3) is 0 Å². The van der Waals surface area contributed by atoms with Crippen molar-refractivity contribution in [2.24, 2.45) is 5.92 Å². The van der Waals surface area contributed by atoms with Crippen molar-refractivity contribution in [2.75, 3.05) is 12.3 Å². The molecule has 4 heteroatoms. The Morgan fingerprint density at radius 2 is 2.18 bits per heavy atom. The topological polar surface area (TPSA) is 52.3 Å². The van der Waals surface area contributed by atoms with Crippen LogP contribution in [0, 0.1) is 18.7 Å². The Balaban J connectivity index is 2.76. The van der Waals surface area contributed by atoms with Crippen LogP contribution >= 0.6 is 0 Å². The Morgan fingerprint density at radius 1 is 1.53 bits per heavy atom. The first kappa shape index (κ1) is 13.5. The van der Waals surface area contributed by atoms with Crippen molar-refractivity contribution < 1.29 is 13.9 Å². The second-order valence-corrected chi connectivity index (χ2v) is 4.28. The minimum atomic E-state index is -0.532. The van der Waals surface area contributed by atoms with Crippen molar-refractivity contribution in [3.63, 3.8) is 0 Å². The number of anilines is 1. The molecule has 0 spiro atoms. The number of hydrogen-bond donors (Lipinski definition) is 1. The predicted molar refractivity (Wildman–Crippen MR) is 65.3 cm³/mol. The first-order valence-electron chi connectivity index (χ1n) is 5.68. The van der Waals surface area contributed by atoms with E-state index in [1.54, 1.807) is 6.92 Å². The van der Waals surface area contributed by atoms with Crippen LogP contribution < -0.4 is 5.73 Å². The number of halogens is 1. The first-order valence-corrected chi connectivity index (χ1v) is 5.68. The summed E-state index contributed by atoms with van der Waals surface area (Å²) in [7, 11) is 0. The number of nitrogen functional groups attached to an aromatic ring is 1. The van der Waals surface area contributed by atoms with Gasteiger partial charge < -0.3 is 10.5 Å². The fourth-order valence-electron chi connectivity index (χ4n) is 1.24. The van der Waals surface area contributed by atoms with Crippen LogP contribution in [-0.2, 0) is 4.74 Å². The minimum Gasteiger partial charge on any atom is -0.462 e. The maximum Gasteiger partial charge on any atom is 0.338 e. The molecule has 0 aliphatic carbocycles. The lowest BCUT2D eigenvalue weighted by molar-refractivity contribution is 0.0446. The fraction of sp³-hybridized carbons (Fsp3) is 0.462. The molecule has 1 rings (SSSR count). The zero-order valence-electron chi connectivity index (χ0n) is 10.4. The Morgan fingerprint density at radius 3 is 2.71 bits per heavy atom. The summed E-state index contributed by atoms with van der Waals surface area (Å²) < 4.78 is 18.4. The van der Waals surface area contributed by atoms with Gasteiger partial charge >= 0.3 is 5.97 Å². The average Bonchev–Trinajstić information content (AvgIpc) is 2.31. The fourth-order valence-corrected chi connectivity index (χ4v) is 1.24. The lowest BCUT2D eigenvalue weighted by atomic mass is 10.1. The lowest BCUT2D eigenvalue weighted by Crippen LogP contribution is -2.12. The van der Waals surface area contributed by atoms with E-state index in [0.29, 0.717) is 18.1 Å². The normalized spacial score (nSPS) is 12.2. The van der Waals surface area contributed by atoms with Crippen molar-refractivity contribution in [3.8, 4) is 0 Å². The van der Waals surface area contributed by atoms with Crippen LogP contribution in [0.15, 0.2) is 12.1 Å². The second-order valence-electron chi connectivity index (χ2n) is 4.28. The number of ether oxygens (including phenoxy) is 1. The Hall–Kier alpha value is -1.58. The van der Waals surface area contributed by atoms with Crippen LogP contribution in [0.2, 0.25) is 0 Å². The molecule has 0 saturated heterocycles. The number of nitrogens with two attached hydrogens (primary N) is 1. The molecule has 94 valence electrons. The highest BCUT2D eigenvalue weighted by molar-refractivity contribution is 5.90. The van der Waals surface area contributed by atoms with E-state index >= 15 is 0 Å². The molecule has 1 aromatic carbocycles. The number of hydrogen-bond acceptors (Lipinski definition) is 3. The van der Waals surface area contributed by atoms with Gasteiger partial charge in [-0.25, -0.2) is 9.18 Å². The number of esters is 1. The molecule has 1 atom stereocenters. The first-order chi connectivity index (χ1) is 7.95. The van der Waals surface area contributed by atoms with E-state index in [9.17, 15) is 9.18 Å². The third-order valence-electron chi connectivity index (χ3n) is 2.82. The maximum atomic E-state index is 13.4. The molecule has 0 aliphatic rings. The van der Waals surface area contributed by atoms with E-state index in [1.807, 2.05) is 13.8 Å². The second kappa shape index (κ2) is 5.66. The number of carbonyl (C=O) groups excluding carboxylic acids is 1. The number of carbonyl (C=O) groups is 1.